The van der Waals surface area contributed by atoms with Gasteiger partial charge in [-0.05, 0) is 13.0 Å². The van der Waals surface area contributed by atoms with Gasteiger partial charge >= 0.3 is 11.9 Å². The second-order valence-corrected chi connectivity index (χ2v) is 3.75. The molecule has 0 saturated carbocycles. The predicted octanol–water partition coefficient (Wildman–Crippen LogP) is -1.89. The molecule has 2 unspecified atom stereocenters. The van der Waals surface area contributed by atoms with E-state index in [1.165, 1.54) is 6.33 Å². The molecule has 19 heavy (non-hydrogen) atoms. The third-order valence-corrected chi connectivity index (χ3v) is 2.11. The summed E-state index contributed by atoms with van der Waals surface area (Å²) in [4.78, 5) is 26.7. The van der Waals surface area contributed by atoms with Crippen LogP contribution in [-0.4, -0.2) is 50.7 Å². The highest BCUT2D eigenvalue weighted by atomic mass is 16.4. The molecule has 0 radical (unpaired) electrons. The van der Waals surface area contributed by atoms with Crippen molar-refractivity contribution in [2.24, 2.45) is 17.2 Å². The molecule has 9 nitrogen and oxygen atoms in total. The third kappa shape index (κ3) is 7.86. The molecule has 0 aromatic carbocycles. The molecule has 9 N–H and O–H groups in total. The average molecular weight is 273 g/mol. The number of nitrogens with zero attached hydrogens (tertiary/aromatic N) is 1. The predicted molar refractivity (Wildman–Crippen MR) is 67.2 cm³/mol. The quantitative estimate of drug-likeness (QED) is 0.347. The first-order valence-corrected chi connectivity index (χ1v) is 5.52. The van der Waals surface area contributed by atoms with Gasteiger partial charge in [-0.25, -0.2) is 4.98 Å². The maximum Gasteiger partial charge on any atom is 0.320 e. The van der Waals surface area contributed by atoms with Crippen LogP contribution < -0.4 is 17.2 Å². The minimum Gasteiger partial charge on any atom is -0.480 e. The van der Waals surface area contributed by atoms with Crippen LogP contribution in [0.2, 0.25) is 0 Å². The Bertz CT molecular complexity index is 381. The molecule has 0 aliphatic heterocycles. The summed E-state index contributed by atoms with van der Waals surface area (Å²) in [6, 6.07) is -1.64. The maximum absolute atomic E-state index is 10.3. The Morgan fingerprint density at radius 2 is 1.84 bits per heavy atom. The standard InChI is InChI=1S/C6H9N3O2.C4H10N2O2/c7-5(6(10)11)1-4-2-8-3-9-4;5-2-1-3(6)4(7)8/h2-3,5H,1,7H2,(H,8,9)(H,10,11);3H,1-2,5-6H2,(H,7,8). The third-order valence-electron chi connectivity index (χ3n) is 2.11. The number of aromatic amines is 1. The summed E-state index contributed by atoms with van der Waals surface area (Å²) in [5.74, 6) is -1.99. The molecule has 1 heterocycles. The molecule has 0 bridgehead atoms. The zero-order valence-electron chi connectivity index (χ0n) is 10.3. The van der Waals surface area contributed by atoms with Crippen LogP contribution >= 0.6 is 0 Å². The van der Waals surface area contributed by atoms with Gasteiger partial charge in [-0.1, -0.05) is 0 Å². The van der Waals surface area contributed by atoms with Crippen LogP contribution in [0.25, 0.3) is 0 Å². The van der Waals surface area contributed by atoms with E-state index in [9.17, 15) is 9.59 Å². The van der Waals surface area contributed by atoms with E-state index in [2.05, 4.69) is 9.97 Å². The molecule has 1 aromatic rings. The van der Waals surface area contributed by atoms with Crippen LogP contribution in [0, 0.1) is 0 Å². The Morgan fingerprint density at radius 3 is 2.16 bits per heavy atom. The van der Waals surface area contributed by atoms with Crippen LogP contribution in [-0.2, 0) is 16.0 Å². The number of H-pyrrole nitrogens is 1. The van der Waals surface area contributed by atoms with Crippen molar-refractivity contribution in [1.29, 1.82) is 0 Å². The molecule has 2 atom stereocenters. The lowest BCUT2D eigenvalue weighted by Crippen LogP contribution is -2.32. The number of hydrogen-bond acceptors (Lipinski definition) is 6. The zero-order chi connectivity index (χ0) is 14.8. The lowest BCUT2D eigenvalue weighted by atomic mass is 10.2. The summed E-state index contributed by atoms with van der Waals surface area (Å²) in [5.41, 5.74) is 16.1. The fourth-order valence-corrected chi connectivity index (χ4v) is 1.02. The monoisotopic (exact) mass is 273 g/mol. The Kier molecular flexibility index (Phi) is 8.09. The summed E-state index contributed by atoms with van der Waals surface area (Å²) in [5, 5.41) is 16.6. The maximum atomic E-state index is 10.3. The Morgan fingerprint density at radius 1 is 1.26 bits per heavy atom. The van der Waals surface area contributed by atoms with E-state index in [0.29, 0.717) is 13.0 Å². The highest BCUT2D eigenvalue weighted by molar-refractivity contribution is 5.73. The van der Waals surface area contributed by atoms with E-state index < -0.39 is 24.0 Å². The van der Waals surface area contributed by atoms with Gasteiger partial charge in [-0.3, -0.25) is 9.59 Å². The molecule has 1 rings (SSSR count). The topological polar surface area (TPSA) is 181 Å². The number of imidazole rings is 1. The second kappa shape index (κ2) is 9.03. The van der Waals surface area contributed by atoms with Crippen molar-refractivity contribution in [2.75, 3.05) is 6.54 Å². The van der Waals surface area contributed by atoms with Gasteiger partial charge in [0.25, 0.3) is 0 Å². The summed E-state index contributed by atoms with van der Waals surface area (Å²) >= 11 is 0. The van der Waals surface area contributed by atoms with Gasteiger partial charge in [0, 0.05) is 18.3 Å². The van der Waals surface area contributed by atoms with Crippen molar-refractivity contribution in [3.63, 3.8) is 0 Å². The van der Waals surface area contributed by atoms with Crippen molar-refractivity contribution in [2.45, 2.75) is 24.9 Å². The Balaban J connectivity index is 0.000000362. The second-order valence-electron chi connectivity index (χ2n) is 3.75. The molecule has 0 saturated heterocycles. The van der Waals surface area contributed by atoms with E-state index in [4.69, 9.17) is 27.4 Å². The van der Waals surface area contributed by atoms with Gasteiger partial charge in [0.15, 0.2) is 0 Å². The minimum absolute atomic E-state index is 0.287. The summed E-state index contributed by atoms with van der Waals surface area (Å²) < 4.78 is 0. The number of rotatable bonds is 6. The van der Waals surface area contributed by atoms with E-state index >= 15 is 0 Å². The Hall–Kier alpha value is -1.97. The minimum atomic E-state index is -1.00. The summed E-state index contributed by atoms with van der Waals surface area (Å²) in [6.07, 6.45) is 3.68. The first kappa shape index (κ1) is 17.0. The highest BCUT2D eigenvalue weighted by Crippen LogP contribution is 1.95. The lowest BCUT2D eigenvalue weighted by Gasteiger charge is -2.02. The average Bonchev–Trinajstić information content (AvgIpc) is 2.82. The number of hydrogen-bond donors (Lipinski definition) is 6. The zero-order valence-corrected chi connectivity index (χ0v) is 10.3. The summed E-state index contributed by atoms with van der Waals surface area (Å²) in [6.45, 7) is 0.327. The highest BCUT2D eigenvalue weighted by Gasteiger charge is 2.12. The number of nitrogens with two attached hydrogens (primary N) is 3. The first-order valence-electron chi connectivity index (χ1n) is 5.52. The number of aromatic nitrogens is 2. The molecular weight excluding hydrogens is 254 g/mol. The molecular formula is C10H19N5O4. The van der Waals surface area contributed by atoms with Crippen LogP contribution in [0.1, 0.15) is 12.1 Å². The van der Waals surface area contributed by atoms with Crippen molar-refractivity contribution in [1.82, 2.24) is 9.97 Å². The van der Waals surface area contributed by atoms with E-state index in [1.807, 2.05) is 0 Å². The van der Waals surface area contributed by atoms with Crippen LogP contribution in [0.15, 0.2) is 12.5 Å². The number of carboxylic acid groups (broad SMARTS) is 2. The van der Waals surface area contributed by atoms with E-state index in [1.54, 1.807) is 6.20 Å². The number of carbonyl (C=O) groups is 2. The smallest absolute Gasteiger partial charge is 0.320 e. The SMILES string of the molecule is NC(Cc1cnc[nH]1)C(=O)O.NCCC(N)C(=O)O. The van der Waals surface area contributed by atoms with Gasteiger partial charge < -0.3 is 32.4 Å². The van der Waals surface area contributed by atoms with E-state index in [-0.39, 0.29) is 6.42 Å². The number of aliphatic carboxylic acids is 2. The molecule has 0 fully saturated rings. The van der Waals surface area contributed by atoms with Gasteiger partial charge in [0.2, 0.25) is 0 Å². The molecule has 108 valence electrons. The molecule has 0 spiro atoms. The van der Waals surface area contributed by atoms with E-state index in [0.717, 1.165) is 5.69 Å². The molecule has 9 heteroatoms. The van der Waals surface area contributed by atoms with Gasteiger partial charge in [0.1, 0.15) is 12.1 Å². The number of carboxylic acids is 2. The number of nitrogens with one attached hydrogen (secondary N) is 1. The normalized spacial score (nSPS) is 13.0. The first-order chi connectivity index (χ1) is 8.88. The van der Waals surface area contributed by atoms with Crippen molar-refractivity contribution < 1.29 is 19.8 Å². The van der Waals surface area contributed by atoms with Crippen molar-refractivity contribution in [3.8, 4) is 0 Å². The van der Waals surface area contributed by atoms with Gasteiger partial charge in [-0.2, -0.15) is 0 Å². The largest absolute Gasteiger partial charge is 0.480 e. The fraction of sp³-hybridized carbons (Fsp3) is 0.500. The lowest BCUT2D eigenvalue weighted by molar-refractivity contribution is -0.139. The molecule has 0 amide bonds. The fourth-order valence-electron chi connectivity index (χ4n) is 1.02. The van der Waals surface area contributed by atoms with Gasteiger partial charge in [-0.15, -0.1) is 0 Å². The summed E-state index contributed by atoms with van der Waals surface area (Å²) in [7, 11) is 0. The Labute approximate surface area is 109 Å². The van der Waals surface area contributed by atoms with Crippen molar-refractivity contribution in [3.05, 3.63) is 18.2 Å². The van der Waals surface area contributed by atoms with Gasteiger partial charge in [0.05, 0.1) is 6.33 Å². The molecule has 0 aliphatic carbocycles. The van der Waals surface area contributed by atoms with Crippen LogP contribution in [0.3, 0.4) is 0 Å². The van der Waals surface area contributed by atoms with Crippen molar-refractivity contribution >= 4 is 11.9 Å². The van der Waals surface area contributed by atoms with Crippen LogP contribution in [0.5, 0.6) is 0 Å². The van der Waals surface area contributed by atoms with Crippen LogP contribution in [0.4, 0.5) is 0 Å². The molecule has 0 aliphatic rings. The molecule has 1 aromatic heterocycles.